The van der Waals surface area contributed by atoms with Crippen molar-refractivity contribution in [2.75, 3.05) is 20.2 Å². The molecule has 3 aromatic rings. The van der Waals surface area contributed by atoms with Gasteiger partial charge in [0.15, 0.2) is 0 Å². The fraction of sp³-hybridized carbons (Fsp3) is 0.290. The molecule has 0 saturated carbocycles. The third kappa shape index (κ3) is 6.39. The van der Waals surface area contributed by atoms with Gasteiger partial charge in [-0.2, -0.15) is 0 Å². The summed E-state index contributed by atoms with van der Waals surface area (Å²) in [6.07, 6.45) is 2.00. The molecule has 1 aliphatic rings. The molecular weight excluding hydrogens is 462 g/mol. The van der Waals surface area contributed by atoms with Crippen molar-refractivity contribution in [2.45, 2.75) is 32.7 Å². The Kier molecular flexibility index (Phi) is 8.29. The Morgan fingerprint density at radius 2 is 1.57 bits per heavy atom. The smallest absolute Gasteiger partial charge is 0.257 e. The number of hydrogen-bond donors (Lipinski definition) is 2. The lowest BCUT2D eigenvalue weighted by Gasteiger charge is -2.42. The van der Waals surface area contributed by atoms with Crippen LogP contribution in [0.1, 0.15) is 39.9 Å². The van der Waals surface area contributed by atoms with Crippen LogP contribution >= 0.6 is 0 Å². The Morgan fingerprint density at radius 3 is 2.19 bits per heavy atom. The Morgan fingerprint density at radius 1 is 0.946 bits per heavy atom. The van der Waals surface area contributed by atoms with Gasteiger partial charge in [-0.3, -0.25) is 9.59 Å². The minimum absolute atomic E-state index is 0.0708. The molecule has 0 aliphatic carbocycles. The van der Waals surface area contributed by atoms with Gasteiger partial charge in [-0.05, 0) is 55.0 Å². The third-order valence-electron chi connectivity index (χ3n) is 7.21. The van der Waals surface area contributed by atoms with Gasteiger partial charge in [0.25, 0.3) is 5.91 Å². The molecule has 0 spiro atoms. The van der Waals surface area contributed by atoms with Gasteiger partial charge in [-0.25, -0.2) is 0 Å². The summed E-state index contributed by atoms with van der Waals surface area (Å²) in [4.78, 5) is 28.6. The highest BCUT2D eigenvalue weighted by molar-refractivity contribution is 5.97. The van der Waals surface area contributed by atoms with Crippen molar-refractivity contribution in [2.24, 2.45) is 5.41 Å². The lowest BCUT2D eigenvalue weighted by molar-refractivity contribution is -0.133. The van der Waals surface area contributed by atoms with E-state index in [9.17, 15) is 9.59 Å². The zero-order chi connectivity index (χ0) is 26.3. The number of aryl methyl sites for hydroxylation is 1. The van der Waals surface area contributed by atoms with Crippen LogP contribution in [0.25, 0.3) is 0 Å². The molecule has 1 saturated heterocycles. The van der Waals surface area contributed by atoms with Gasteiger partial charge >= 0.3 is 0 Å². The number of hydrogen-bond acceptors (Lipinski definition) is 4. The second-order valence-electron chi connectivity index (χ2n) is 9.68. The van der Waals surface area contributed by atoms with Gasteiger partial charge in [0.2, 0.25) is 5.91 Å². The molecule has 0 unspecified atom stereocenters. The quantitative estimate of drug-likeness (QED) is 0.444. The van der Waals surface area contributed by atoms with E-state index < -0.39 is 5.41 Å². The summed E-state index contributed by atoms with van der Waals surface area (Å²) < 4.78 is 5.27. The first-order valence-electron chi connectivity index (χ1n) is 12.7. The maximum atomic E-state index is 13.6. The SMILES string of the molecule is C=C(NC(=O)c1cc(OC)ccc1C)N1CCC(Cc2ccccc2)(C(=O)NCc2ccccc2)CC1. The molecule has 0 aromatic heterocycles. The molecule has 192 valence electrons. The van der Waals surface area contributed by atoms with Crippen LogP contribution < -0.4 is 15.4 Å². The average Bonchev–Trinajstić information content (AvgIpc) is 2.93. The van der Waals surface area contributed by atoms with E-state index in [2.05, 4.69) is 34.2 Å². The number of ether oxygens (including phenoxy) is 1. The van der Waals surface area contributed by atoms with Gasteiger partial charge < -0.3 is 20.3 Å². The normalized spacial score (nSPS) is 14.5. The van der Waals surface area contributed by atoms with E-state index in [0.717, 1.165) is 16.7 Å². The second kappa shape index (κ2) is 11.8. The van der Waals surface area contributed by atoms with Crippen LogP contribution in [0.5, 0.6) is 5.75 Å². The topological polar surface area (TPSA) is 70.7 Å². The number of methoxy groups -OCH3 is 1. The van der Waals surface area contributed by atoms with Crippen LogP contribution in [0.4, 0.5) is 0 Å². The van der Waals surface area contributed by atoms with Crippen molar-refractivity contribution in [1.82, 2.24) is 15.5 Å². The zero-order valence-corrected chi connectivity index (χ0v) is 21.6. The standard InChI is InChI=1S/C31H35N3O3/c1-23-14-15-27(37-3)20-28(23)29(35)33-24(2)34-18-16-31(17-19-34,21-25-10-6-4-7-11-25)30(36)32-22-26-12-8-5-9-13-26/h4-15,20H,2,16-19,21-22H2,1,3H3,(H,32,36)(H,33,35). The highest BCUT2D eigenvalue weighted by Gasteiger charge is 2.41. The Hall–Kier alpha value is -4.06. The Bertz CT molecular complexity index is 1230. The van der Waals surface area contributed by atoms with E-state index in [1.165, 1.54) is 0 Å². The molecule has 6 heteroatoms. The monoisotopic (exact) mass is 497 g/mol. The van der Waals surface area contributed by atoms with Crippen LogP contribution in [-0.4, -0.2) is 36.9 Å². The van der Waals surface area contributed by atoms with E-state index in [1.807, 2.05) is 67.6 Å². The molecule has 1 heterocycles. The lowest BCUT2D eigenvalue weighted by atomic mass is 9.73. The van der Waals surface area contributed by atoms with E-state index in [0.29, 0.717) is 56.0 Å². The first-order valence-corrected chi connectivity index (χ1v) is 12.7. The third-order valence-corrected chi connectivity index (χ3v) is 7.21. The first kappa shape index (κ1) is 26.0. The van der Waals surface area contributed by atoms with Crippen LogP contribution in [0.2, 0.25) is 0 Å². The largest absolute Gasteiger partial charge is 0.497 e. The van der Waals surface area contributed by atoms with E-state index in [-0.39, 0.29) is 11.8 Å². The van der Waals surface area contributed by atoms with E-state index >= 15 is 0 Å². The number of amides is 2. The minimum atomic E-state index is -0.527. The molecule has 2 amide bonds. The summed E-state index contributed by atoms with van der Waals surface area (Å²) in [6, 6.07) is 25.6. The van der Waals surface area contributed by atoms with Crippen molar-refractivity contribution in [3.63, 3.8) is 0 Å². The summed E-state index contributed by atoms with van der Waals surface area (Å²) in [5.41, 5.74) is 3.11. The minimum Gasteiger partial charge on any atom is -0.497 e. The number of carbonyl (C=O) groups excluding carboxylic acids is 2. The van der Waals surface area contributed by atoms with Crippen molar-refractivity contribution in [3.05, 3.63) is 114 Å². The summed E-state index contributed by atoms with van der Waals surface area (Å²) in [5.74, 6) is 1.03. The second-order valence-corrected chi connectivity index (χ2v) is 9.68. The summed E-state index contributed by atoms with van der Waals surface area (Å²) in [5, 5.41) is 6.13. The number of nitrogens with one attached hydrogen (secondary N) is 2. The van der Waals surface area contributed by atoms with Crippen LogP contribution in [0, 0.1) is 12.3 Å². The van der Waals surface area contributed by atoms with E-state index in [4.69, 9.17) is 4.74 Å². The number of piperidine rings is 1. The zero-order valence-electron chi connectivity index (χ0n) is 21.6. The molecule has 1 fully saturated rings. The Balaban J connectivity index is 1.43. The van der Waals surface area contributed by atoms with Crippen LogP contribution in [0.3, 0.4) is 0 Å². The van der Waals surface area contributed by atoms with Crippen molar-refractivity contribution in [1.29, 1.82) is 0 Å². The molecule has 0 atom stereocenters. The molecular formula is C31H35N3O3. The van der Waals surface area contributed by atoms with Gasteiger partial charge in [0, 0.05) is 25.2 Å². The molecule has 37 heavy (non-hydrogen) atoms. The predicted octanol–water partition coefficient (Wildman–Crippen LogP) is 4.85. The predicted molar refractivity (Wildman–Crippen MR) is 146 cm³/mol. The average molecular weight is 498 g/mol. The summed E-state index contributed by atoms with van der Waals surface area (Å²) >= 11 is 0. The fourth-order valence-electron chi connectivity index (χ4n) is 4.89. The number of nitrogens with zero attached hydrogens (tertiary/aromatic N) is 1. The summed E-state index contributed by atoms with van der Waals surface area (Å²) in [7, 11) is 1.58. The molecule has 0 radical (unpaired) electrons. The lowest BCUT2D eigenvalue weighted by Crippen LogP contribution is -2.51. The number of likely N-dealkylation sites (tertiary alicyclic amines) is 1. The van der Waals surface area contributed by atoms with Crippen molar-refractivity contribution in [3.8, 4) is 5.75 Å². The van der Waals surface area contributed by atoms with Crippen molar-refractivity contribution < 1.29 is 14.3 Å². The van der Waals surface area contributed by atoms with E-state index in [1.54, 1.807) is 13.2 Å². The molecule has 4 rings (SSSR count). The van der Waals surface area contributed by atoms with Crippen LogP contribution in [-0.2, 0) is 17.8 Å². The number of rotatable bonds is 9. The van der Waals surface area contributed by atoms with Gasteiger partial charge in [0.05, 0.1) is 12.5 Å². The van der Waals surface area contributed by atoms with Gasteiger partial charge in [-0.15, -0.1) is 0 Å². The first-order chi connectivity index (χ1) is 17.9. The molecule has 2 N–H and O–H groups in total. The summed E-state index contributed by atoms with van der Waals surface area (Å²) in [6.45, 7) is 7.78. The van der Waals surface area contributed by atoms with Crippen LogP contribution in [0.15, 0.2) is 91.3 Å². The molecule has 0 bridgehead atoms. The van der Waals surface area contributed by atoms with Gasteiger partial charge in [0.1, 0.15) is 11.6 Å². The number of carbonyl (C=O) groups is 2. The highest BCUT2D eigenvalue weighted by atomic mass is 16.5. The van der Waals surface area contributed by atoms with Gasteiger partial charge in [-0.1, -0.05) is 73.3 Å². The van der Waals surface area contributed by atoms with Crippen molar-refractivity contribution >= 4 is 11.8 Å². The maximum Gasteiger partial charge on any atom is 0.257 e. The Labute approximate surface area is 219 Å². The molecule has 6 nitrogen and oxygen atoms in total. The fourth-order valence-corrected chi connectivity index (χ4v) is 4.89. The maximum absolute atomic E-state index is 13.6. The molecule has 1 aliphatic heterocycles. The highest BCUT2D eigenvalue weighted by Crippen LogP contribution is 2.36. The molecule has 3 aromatic carbocycles. The number of benzene rings is 3.